The van der Waals surface area contributed by atoms with Crippen molar-refractivity contribution in [2.75, 3.05) is 26.2 Å². The Kier molecular flexibility index (Phi) is 5.22. The van der Waals surface area contributed by atoms with Crippen molar-refractivity contribution in [3.8, 4) is 10.6 Å². The Balaban J connectivity index is 0.00000169. The van der Waals surface area contributed by atoms with Crippen LogP contribution in [0.5, 0.6) is 0 Å². The summed E-state index contributed by atoms with van der Waals surface area (Å²) in [5, 5.41) is 10.4. The first kappa shape index (κ1) is 17.4. The molecule has 2 saturated heterocycles. The topological polar surface area (TPSA) is 63.1 Å². The minimum Gasteiger partial charge on any atom is -0.337 e. The average Bonchev–Trinajstić information content (AvgIpc) is 3.26. The number of carbonyl (C=O) groups excluding carboxylic acids is 1. The summed E-state index contributed by atoms with van der Waals surface area (Å²) in [6, 6.07) is 0. The van der Waals surface area contributed by atoms with Gasteiger partial charge in [-0.2, -0.15) is 5.10 Å². The van der Waals surface area contributed by atoms with E-state index in [-0.39, 0.29) is 18.3 Å². The van der Waals surface area contributed by atoms with Crippen molar-refractivity contribution in [3.63, 3.8) is 0 Å². The highest BCUT2D eigenvalue weighted by atomic mass is 35.5. The van der Waals surface area contributed by atoms with Gasteiger partial charge in [-0.25, -0.2) is 4.98 Å². The van der Waals surface area contributed by atoms with Crippen LogP contribution in [0.3, 0.4) is 0 Å². The predicted octanol–water partition coefficient (Wildman–Crippen LogP) is 2.04. The molecule has 130 valence electrons. The molecular weight excluding hydrogens is 346 g/mol. The van der Waals surface area contributed by atoms with Crippen LogP contribution in [-0.2, 0) is 7.05 Å². The summed E-state index contributed by atoms with van der Waals surface area (Å²) in [5.74, 6) is 1.53. The molecule has 0 radical (unpaired) electrons. The Hall–Kier alpha value is -1.44. The molecule has 1 amide bonds. The second-order valence-corrected chi connectivity index (χ2v) is 7.35. The van der Waals surface area contributed by atoms with Gasteiger partial charge in [-0.15, -0.1) is 23.7 Å². The lowest BCUT2D eigenvalue weighted by Crippen LogP contribution is -2.33. The van der Waals surface area contributed by atoms with Crippen LogP contribution < -0.4 is 5.32 Å². The van der Waals surface area contributed by atoms with Crippen molar-refractivity contribution in [3.05, 3.63) is 23.5 Å². The van der Waals surface area contributed by atoms with Crippen LogP contribution in [0.15, 0.2) is 17.8 Å². The lowest BCUT2D eigenvalue weighted by atomic mass is 9.92. The highest BCUT2D eigenvalue weighted by Crippen LogP contribution is 2.28. The summed E-state index contributed by atoms with van der Waals surface area (Å²) in [7, 11) is 1.88. The van der Waals surface area contributed by atoms with Crippen LogP contribution >= 0.6 is 23.7 Å². The maximum atomic E-state index is 12.8. The summed E-state index contributed by atoms with van der Waals surface area (Å²) in [5.41, 5.74) is 1.53. The lowest BCUT2D eigenvalue weighted by molar-refractivity contribution is 0.0753. The van der Waals surface area contributed by atoms with Crippen molar-refractivity contribution in [2.24, 2.45) is 18.9 Å². The van der Waals surface area contributed by atoms with Gasteiger partial charge in [0.25, 0.3) is 5.91 Å². The van der Waals surface area contributed by atoms with E-state index >= 15 is 0 Å². The van der Waals surface area contributed by atoms with E-state index in [1.807, 2.05) is 23.5 Å². The van der Waals surface area contributed by atoms with E-state index in [1.165, 1.54) is 11.3 Å². The number of likely N-dealkylation sites (tertiary alicyclic amines) is 1. The first-order chi connectivity index (χ1) is 11.2. The molecule has 6 nitrogen and oxygen atoms in total. The second-order valence-electron chi connectivity index (χ2n) is 6.49. The van der Waals surface area contributed by atoms with E-state index in [0.717, 1.165) is 61.4 Å². The zero-order chi connectivity index (χ0) is 15.8. The fourth-order valence-electron chi connectivity index (χ4n) is 3.62. The summed E-state index contributed by atoms with van der Waals surface area (Å²) in [4.78, 5) is 19.3. The maximum absolute atomic E-state index is 12.8. The Morgan fingerprint density at radius 1 is 1.29 bits per heavy atom. The monoisotopic (exact) mass is 367 g/mol. The highest BCUT2D eigenvalue weighted by Gasteiger charge is 2.32. The van der Waals surface area contributed by atoms with E-state index in [0.29, 0.717) is 5.69 Å². The van der Waals surface area contributed by atoms with Gasteiger partial charge in [0.05, 0.1) is 6.20 Å². The number of carbonyl (C=O) groups is 1. The van der Waals surface area contributed by atoms with Crippen molar-refractivity contribution in [1.29, 1.82) is 0 Å². The summed E-state index contributed by atoms with van der Waals surface area (Å²) in [6.07, 6.45) is 5.91. The van der Waals surface area contributed by atoms with Crippen LogP contribution in [0.25, 0.3) is 10.6 Å². The van der Waals surface area contributed by atoms with Crippen LogP contribution in [0.1, 0.15) is 23.3 Å². The van der Waals surface area contributed by atoms with Crippen molar-refractivity contribution >= 4 is 29.7 Å². The molecule has 4 rings (SSSR count). The van der Waals surface area contributed by atoms with E-state index < -0.39 is 0 Å². The zero-order valence-corrected chi connectivity index (χ0v) is 15.3. The molecule has 0 bridgehead atoms. The Morgan fingerprint density at radius 3 is 2.62 bits per heavy atom. The number of nitrogens with zero attached hydrogens (tertiary/aromatic N) is 4. The van der Waals surface area contributed by atoms with E-state index in [1.54, 1.807) is 10.9 Å². The first-order valence-electron chi connectivity index (χ1n) is 8.15. The van der Waals surface area contributed by atoms with Gasteiger partial charge in [-0.1, -0.05) is 0 Å². The molecule has 0 unspecified atom stereocenters. The quantitative estimate of drug-likeness (QED) is 0.882. The molecule has 0 saturated carbocycles. The van der Waals surface area contributed by atoms with Gasteiger partial charge in [0.1, 0.15) is 10.7 Å². The van der Waals surface area contributed by atoms with Crippen molar-refractivity contribution in [2.45, 2.75) is 12.8 Å². The Labute approximate surface area is 151 Å². The third kappa shape index (κ3) is 3.34. The molecule has 2 aliphatic heterocycles. The van der Waals surface area contributed by atoms with Gasteiger partial charge in [0, 0.05) is 37.3 Å². The Morgan fingerprint density at radius 2 is 2.00 bits per heavy atom. The summed E-state index contributed by atoms with van der Waals surface area (Å²) >= 11 is 1.51. The summed E-state index contributed by atoms with van der Waals surface area (Å²) < 4.78 is 1.75. The number of hydrogen-bond donors (Lipinski definition) is 1. The SMILES string of the molecule is Cl.Cn1cc(-c2nc(C(=O)N3CC[C@@H]4CNC[C@@H]4CC3)cs2)cn1. The molecule has 0 spiro atoms. The molecular formula is C16H22ClN5OS. The average molecular weight is 368 g/mol. The van der Waals surface area contributed by atoms with E-state index in [4.69, 9.17) is 0 Å². The fraction of sp³-hybridized carbons (Fsp3) is 0.562. The minimum atomic E-state index is 0. The number of halogens is 1. The smallest absolute Gasteiger partial charge is 0.273 e. The number of aromatic nitrogens is 3. The van der Waals surface area contributed by atoms with Gasteiger partial charge in [-0.3, -0.25) is 9.48 Å². The van der Waals surface area contributed by atoms with Crippen molar-refractivity contribution in [1.82, 2.24) is 25.0 Å². The molecule has 2 aromatic rings. The largest absolute Gasteiger partial charge is 0.337 e. The van der Waals surface area contributed by atoms with Crippen LogP contribution in [0.4, 0.5) is 0 Å². The van der Waals surface area contributed by atoms with Gasteiger partial charge in [0.2, 0.25) is 0 Å². The molecule has 1 N–H and O–H groups in total. The molecule has 2 aliphatic rings. The molecule has 2 aromatic heterocycles. The van der Waals surface area contributed by atoms with Gasteiger partial charge in [0.15, 0.2) is 0 Å². The molecule has 2 atom stereocenters. The van der Waals surface area contributed by atoms with Crippen LogP contribution in [0.2, 0.25) is 0 Å². The predicted molar refractivity (Wildman–Crippen MR) is 96.6 cm³/mol. The molecule has 24 heavy (non-hydrogen) atoms. The van der Waals surface area contributed by atoms with Gasteiger partial charge < -0.3 is 10.2 Å². The van der Waals surface area contributed by atoms with E-state index in [9.17, 15) is 4.79 Å². The summed E-state index contributed by atoms with van der Waals surface area (Å²) in [6.45, 7) is 3.91. The number of hydrogen-bond acceptors (Lipinski definition) is 5. The number of thiazole rings is 1. The molecule has 0 aliphatic carbocycles. The van der Waals surface area contributed by atoms with Crippen LogP contribution in [0, 0.1) is 11.8 Å². The highest BCUT2D eigenvalue weighted by molar-refractivity contribution is 7.13. The fourth-order valence-corrected chi connectivity index (χ4v) is 4.39. The molecule has 8 heteroatoms. The number of rotatable bonds is 2. The van der Waals surface area contributed by atoms with Crippen LogP contribution in [-0.4, -0.2) is 51.8 Å². The standard InChI is InChI=1S/C16H21N5OS.ClH/c1-20-9-13(8-18-20)15-19-14(10-23-15)16(22)21-4-2-11-6-17-7-12(11)3-5-21;/h8-12,17H,2-7H2,1H3;1H/t11-,12+;. The molecule has 4 heterocycles. The third-order valence-electron chi connectivity index (χ3n) is 4.98. The van der Waals surface area contributed by atoms with E-state index in [2.05, 4.69) is 15.4 Å². The lowest BCUT2D eigenvalue weighted by Gasteiger charge is -2.19. The zero-order valence-electron chi connectivity index (χ0n) is 13.6. The maximum Gasteiger partial charge on any atom is 0.273 e. The number of fused-ring (bicyclic) bond motifs is 1. The second kappa shape index (κ2) is 7.21. The first-order valence-corrected chi connectivity index (χ1v) is 9.03. The van der Waals surface area contributed by atoms with Gasteiger partial charge in [-0.05, 0) is 37.8 Å². The number of aryl methyl sites for hydroxylation is 1. The number of nitrogens with one attached hydrogen (secondary N) is 1. The number of amides is 1. The third-order valence-corrected chi connectivity index (χ3v) is 5.87. The minimum absolute atomic E-state index is 0. The normalized spacial score (nSPS) is 23.5. The van der Waals surface area contributed by atoms with Gasteiger partial charge >= 0.3 is 0 Å². The van der Waals surface area contributed by atoms with Crippen molar-refractivity contribution < 1.29 is 4.79 Å². The Bertz CT molecular complexity index is 701. The molecule has 0 aromatic carbocycles. The molecule has 2 fully saturated rings.